The second-order valence-corrected chi connectivity index (χ2v) is 9.67. The van der Waals surface area contributed by atoms with Crippen LogP contribution in [0, 0.1) is 6.92 Å². The van der Waals surface area contributed by atoms with Crippen molar-refractivity contribution in [1.29, 1.82) is 0 Å². The SMILES string of the molecule is CC.CC(=O)c1ccc2c(c1)nc(C)n2-c1nc2c(s1)C(C)(C)CCC2(C)C. The van der Waals surface area contributed by atoms with Gasteiger partial charge >= 0.3 is 0 Å². The van der Waals surface area contributed by atoms with E-state index in [0.717, 1.165) is 28.4 Å². The number of ketones is 1. The Hall–Kier alpha value is -2.01. The molecule has 4 nitrogen and oxygen atoms in total. The van der Waals surface area contributed by atoms with E-state index in [1.807, 2.05) is 39.0 Å². The van der Waals surface area contributed by atoms with E-state index in [9.17, 15) is 4.79 Å². The first-order valence-electron chi connectivity index (χ1n) is 10.1. The number of imidazole rings is 1. The molecule has 2 aromatic heterocycles. The minimum atomic E-state index is 0.0623. The molecule has 0 aliphatic heterocycles. The molecule has 3 aromatic rings. The van der Waals surface area contributed by atoms with Crippen LogP contribution in [0.2, 0.25) is 0 Å². The molecule has 0 unspecified atom stereocenters. The van der Waals surface area contributed by atoms with Crippen LogP contribution in [0.1, 0.15) is 88.1 Å². The predicted molar refractivity (Wildman–Crippen MR) is 118 cm³/mol. The van der Waals surface area contributed by atoms with Gasteiger partial charge in [0.05, 0.1) is 16.7 Å². The Balaban J connectivity index is 0.00000109. The van der Waals surface area contributed by atoms with E-state index in [4.69, 9.17) is 4.98 Å². The molecule has 2 heterocycles. The summed E-state index contributed by atoms with van der Waals surface area (Å²) in [5.74, 6) is 0.967. The van der Waals surface area contributed by atoms with Crippen LogP contribution in [-0.2, 0) is 10.8 Å². The fourth-order valence-electron chi connectivity index (χ4n) is 3.84. The van der Waals surface area contributed by atoms with E-state index in [1.165, 1.54) is 17.0 Å². The standard InChI is InChI=1S/C21H25N3OS.C2H6/c1-12(25)14-7-8-16-15(11-14)22-13(2)24(16)19-23-17-18(26-19)21(5,6)10-9-20(17,3)4;1-2/h7-8,11H,9-10H2,1-6H3;1-2H3. The number of Topliss-reactive ketones (excluding diaryl/α,β-unsaturated/α-hetero) is 1. The second kappa shape index (κ2) is 7.11. The van der Waals surface area contributed by atoms with Gasteiger partial charge in [0, 0.05) is 21.3 Å². The first-order valence-corrected chi connectivity index (χ1v) is 10.9. The van der Waals surface area contributed by atoms with Crippen LogP contribution in [0.25, 0.3) is 16.2 Å². The van der Waals surface area contributed by atoms with Gasteiger partial charge in [0.25, 0.3) is 0 Å². The normalized spacial score (nSPS) is 17.0. The summed E-state index contributed by atoms with van der Waals surface area (Å²) in [6.45, 7) is 16.8. The zero-order chi connectivity index (χ0) is 20.9. The summed E-state index contributed by atoms with van der Waals surface area (Å²) >= 11 is 1.79. The number of carbonyl (C=O) groups is 1. The van der Waals surface area contributed by atoms with E-state index in [0.29, 0.717) is 5.56 Å². The molecule has 28 heavy (non-hydrogen) atoms. The quantitative estimate of drug-likeness (QED) is 0.472. The summed E-state index contributed by atoms with van der Waals surface area (Å²) in [7, 11) is 0. The van der Waals surface area contributed by atoms with Crippen LogP contribution in [0.15, 0.2) is 18.2 Å². The summed E-state index contributed by atoms with van der Waals surface area (Å²) in [6, 6.07) is 5.75. The van der Waals surface area contributed by atoms with Crippen molar-refractivity contribution in [3.8, 4) is 5.13 Å². The van der Waals surface area contributed by atoms with E-state index in [1.54, 1.807) is 18.3 Å². The van der Waals surface area contributed by atoms with Gasteiger partial charge in [-0.2, -0.15) is 0 Å². The Morgan fingerprint density at radius 3 is 2.32 bits per heavy atom. The summed E-state index contributed by atoms with van der Waals surface area (Å²) in [5.41, 5.74) is 4.05. The van der Waals surface area contributed by atoms with E-state index in [-0.39, 0.29) is 16.6 Å². The Bertz CT molecular complexity index is 1010. The number of carbonyl (C=O) groups excluding carboxylic acids is 1. The molecular weight excluding hydrogens is 366 g/mol. The molecule has 0 atom stereocenters. The third kappa shape index (κ3) is 3.30. The van der Waals surface area contributed by atoms with Crippen LogP contribution in [0.4, 0.5) is 0 Å². The summed E-state index contributed by atoms with van der Waals surface area (Å²) in [5, 5.41) is 0.980. The third-order valence-corrected chi connectivity index (χ3v) is 7.07. The number of thiazole rings is 1. The second-order valence-electron chi connectivity index (χ2n) is 8.70. The lowest BCUT2D eigenvalue weighted by molar-refractivity contribution is 0.101. The summed E-state index contributed by atoms with van der Waals surface area (Å²) in [4.78, 5) is 22.8. The lowest BCUT2D eigenvalue weighted by Crippen LogP contribution is -2.32. The van der Waals surface area contributed by atoms with Crippen molar-refractivity contribution in [2.75, 3.05) is 0 Å². The maximum absolute atomic E-state index is 11.7. The molecule has 1 aliphatic rings. The first kappa shape index (κ1) is 20.7. The van der Waals surface area contributed by atoms with Crippen molar-refractivity contribution in [1.82, 2.24) is 14.5 Å². The van der Waals surface area contributed by atoms with Crippen LogP contribution in [-0.4, -0.2) is 20.3 Å². The van der Waals surface area contributed by atoms with Gasteiger partial charge in [0.15, 0.2) is 10.9 Å². The molecule has 0 spiro atoms. The minimum Gasteiger partial charge on any atom is -0.295 e. The average Bonchev–Trinajstić information content (AvgIpc) is 3.22. The van der Waals surface area contributed by atoms with Crippen LogP contribution in [0.3, 0.4) is 0 Å². The monoisotopic (exact) mass is 397 g/mol. The van der Waals surface area contributed by atoms with Crippen LogP contribution in [0.5, 0.6) is 0 Å². The van der Waals surface area contributed by atoms with Gasteiger partial charge < -0.3 is 0 Å². The summed E-state index contributed by atoms with van der Waals surface area (Å²) < 4.78 is 2.13. The number of fused-ring (bicyclic) bond motifs is 2. The van der Waals surface area contributed by atoms with Crippen molar-refractivity contribution < 1.29 is 4.79 Å². The fourth-order valence-corrected chi connectivity index (χ4v) is 5.28. The maximum atomic E-state index is 11.7. The first-order chi connectivity index (χ1) is 13.1. The molecular formula is C23H31N3OS. The zero-order valence-corrected chi connectivity index (χ0v) is 19.1. The predicted octanol–water partition coefficient (Wildman–Crippen LogP) is 6.37. The van der Waals surface area contributed by atoms with Crippen LogP contribution < -0.4 is 0 Å². The Morgan fingerprint density at radius 1 is 1.07 bits per heavy atom. The molecule has 4 rings (SSSR count). The average molecular weight is 398 g/mol. The Labute approximate surface area is 172 Å². The van der Waals surface area contributed by atoms with Crippen LogP contribution >= 0.6 is 11.3 Å². The molecule has 150 valence electrons. The molecule has 0 N–H and O–H groups in total. The van der Waals surface area contributed by atoms with Gasteiger partial charge in [0.1, 0.15) is 5.82 Å². The number of aryl methyl sites for hydroxylation is 1. The molecule has 1 aliphatic carbocycles. The topological polar surface area (TPSA) is 47.8 Å². The van der Waals surface area contributed by atoms with E-state index in [2.05, 4.69) is 37.2 Å². The van der Waals surface area contributed by atoms with E-state index >= 15 is 0 Å². The highest BCUT2D eigenvalue weighted by Crippen LogP contribution is 2.48. The fraction of sp³-hybridized carbons (Fsp3) is 0.522. The molecule has 5 heteroatoms. The number of aromatic nitrogens is 3. The molecule has 0 fully saturated rings. The van der Waals surface area contributed by atoms with Crippen molar-refractivity contribution >= 4 is 28.2 Å². The van der Waals surface area contributed by atoms with Gasteiger partial charge in [-0.05, 0) is 44.9 Å². The van der Waals surface area contributed by atoms with Crippen molar-refractivity contribution in [3.05, 3.63) is 40.2 Å². The Morgan fingerprint density at radius 2 is 1.71 bits per heavy atom. The van der Waals surface area contributed by atoms with Crippen molar-refractivity contribution in [2.45, 2.75) is 79.1 Å². The molecule has 1 aromatic carbocycles. The lowest BCUT2D eigenvalue weighted by Gasteiger charge is -2.37. The highest BCUT2D eigenvalue weighted by molar-refractivity contribution is 7.14. The lowest BCUT2D eigenvalue weighted by atomic mass is 9.69. The van der Waals surface area contributed by atoms with Crippen molar-refractivity contribution in [2.24, 2.45) is 0 Å². The third-order valence-electron chi connectivity index (χ3n) is 5.67. The minimum absolute atomic E-state index is 0.0623. The molecule has 0 bridgehead atoms. The highest BCUT2D eigenvalue weighted by Gasteiger charge is 2.40. The zero-order valence-electron chi connectivity index (χ0n) is 18.3. The molecule has 0 saturated carbocycles. The maximum Gasteiger partial charge on any atom is 0.196 e. The number of rotatable bonds is 2. The number of hydrogen-bond donors (Lipinski definition) is 0. The molecule has 0 amide bonds. The summed E-state index contributed by atoms with van der Waals surface area (Å²) in [6.07, 6.45) is 2.34. The number of benzene rings is 1. The van der Waals surface area contributed by atoms with Gasteiger partial charge in [-0.25, -0.2) is 9.97 Å². The number of nitrogens with zero attached hydrogens (tertiary/aromatic N) is 3. The van der Waals surface area contributed by atoms with E-state index < -0.39 is 0 Å². The highest BCUT2D eigenvalue weighted by atomic mass is 32.1. The largest absolute Gasteiger partial charge is 0.295 e. The smallest absolute Gasteiger partial charge is 0.196 e. The Kier molecular flexibility index (Phi) is 5.26. The van der Waals surface area contributed by atoms with Gasteiger partial charge in [-0.1, -0.05) is 41.5 Å². The van der Waals surface area contributed by atoms with Gasteiger partial charge in [-0.15, -0.1) is 11.3 Å². The van der Waals surface area contributed by atoms with Crippen molar-refractivity contribution in [3.63, 3.8) is 0 Å². The number of hydrogen-bond acceptors (Lipinski definition) is 4. The van der Waals surface area contributed by atoms with Gasteiger partial charge in [-0.3, -0.25) is 9.36 Å². The molecule has 0 radical (unpaired) electrons. The molecule has 0 saturated heterocycles. The van der Waals surface area contributed by atoms with Gasteiger partial charge in [0.2, 0.25) is 0 Å².